The van der Waals surface area contributed by atoms with E-state index in [1.54, 1.807) is 24.9 Å². The number of furan rings is 1. The second-order valence-corrected chi connectivity index (χ2v) is 5.09. The van der Waals surface area contributed by atoms with Crippen molar-refractivity contribution in [3.63, 3.8) is 0 Å². The highest BCUT2D eigenvalue weighted by molar-refractivity contribution is 5.95. The van der Waals surface area contributed by atoms with Gasteiger partial charge in [-0.05, 0) is 36.2 Å². The number of hydrogen-bond acceptors (Lipinski definition) is 3. The van der Waals surface area contributed by atoms with Crippen molar-refractivity contribution < 1.29 is 9.21 Å². The Kier molecular flexibility index (Phi) is 4.01. The van der Waals surface area contributed by atoms with Crippen LogP contribution in [-0.4, -0.2) is 10.9 Å². The van der Waals surface area contributed by atoms with E-state index in [-0.39, 0.29) is 5.91 Å². The summed E-state index contributed by atoms with van der Waals surface area (Å²) in [7, 11) is 0. The molecule has 22 heavy (non-hydrogen) atoms. The molecule has 0 saturated heterocycles. The SMILES string of the molecule is Cc1ccccc1C(=O)NCc1cncc(-c2ccoc2)c1. The van der Waals surface area contributed by atoms with Crippen molar-refractivity contribution in [1.29, 1.82) is 0 Å². The summed E-state index contributed by atoms with van der Waals surface area (Å²) in [6.07, 6.45) is 6.83. The number of carbonyl (C=O) groups is 1. The number of aromatic nitrogens is 1. The number of nitrogens with zero attached hydrogens (tertiary/aromatic N) is 1. The third-order valence-corrected chi connectivity index (χ3v) is 3.49. The highest BCUT2D eigenvalue weighted by atomic mass is 16.3. The Morgan fingerprint density at radius 2 is 2.05 bits per heavy atom. The Morgan fingerprint density at radius 1 is 1.18 bits per heavy atom. The van der Waals surface area contributed by atoms with Crippen LogP contribution in [0.1, 0.15) is 21.5 Å². The second kappa shape index (κ2) is 6.26. The number of carbonyl (C=O) groups excluding carboxylic acids is 1. The van der Waals surface area contributed by atoms with Crippen LogP contribution in [0.25, 0.3) is 11.1 Å². The van der Waals surface area contributed by atoms with Gasteiger partial charge in [-0.15, -0.1) is 0 Å². The fourth-order valence-corrected chi connectivity index (χ4v) is 2.28. The molecule has 0 fully saturated rings. The molecule has 3 aromatic rings. The average molecular weight is 292 g/mol. The maximum Gasteiger partial charge on any atom is 0.251 e. The van der Waals surface area contributed by atoms with E-state index in [4.69, 9.17) is 4.42 Å². The molecule has 0 aliphatic carbocycles. The van der Waals surface area contributed by atoms with Gasteiger partial charge in [0, 0.05) is 35.6 Å². The largest absolute Gasteiger partial charge is 0.472 e. The lowest BCUT2D eigenvalue weighted by molar-refractivity contribution is 0.0950. The summed E-state index contributed by atoms with van der Waals surface area (Å²) in [5.41, 5.74) is 4.54. The molecule has 1 N–H and O–H groups in total. The van der Waals surface area contributed by atoms with E-state index in [1.807, 2.05) is 43.3 Å². The van der Waals surface area contributed by atoms with Gasteiger partial charge in [0.1, 0.15) is 0 Å². The fourth-order valence-electron chi connectivity index (χ4n) is 2.28. The number of rotatable bonds is 4. The summed E-state index contributed by atoms with van der Waals surface area (Å²) in [5.74, 6) is -0.0770. The molecule has 2 heterocycles. The van der Waals surface area contributed by atoms with Crippen LogP contribution in [0.4, 0.5) is 0 Å². The van der Waals surface area contributed by atoms with Gasteiger partial charge < -0.3 is 9.73 Å². The van der Waals surface area contributed by atoms with Crippen LogP contribution in [-0.2, 0) is 6.54 Å². The molecule has 0 radical (unpaired) electrons. The zero-order valence-electron chi connectivity index (χ0n) is 12.2. The van der Waals surface area contributed by atoms with Gasteiger partial charge in [0.05, 0.1) is 12.5 Å². The predicted octanol–water partition coefficient (Wildman–Crippen LogP) is 3.58. The number of nitrogens with one attached hydrogen (secondary N) is 1. The molecular weight excluding hydrogens is 276 g/mol. The number of hydrogen-bond donors (Lipinski definition) is 1. The van der Waals surface area contributed by atoms with Gasteiger partial charge in [-0.2, -0.15) is 0 Å². The Balaban J connectivity index is 1.71. The van der Waals surface area contributed by atoms with Gasteiger partial charge in [0.25, 0.3) is 5.91 Å². The quantitative estimate of drug-likeness (QED) is 0.799. The molecule has 1 amide bonds. The Hall–Kier alpha value is -2.88. The van der Waals surface area contributed by atoms with Gasteiger partial charge >= 0.3 is 0 Å². The zero-order chi connectivity index (χ0) is 15.4. The lowest BCUT2D eigenvalue weighted by Gasteiger charge is -2.08. The first kappa shape index (κ1) is 14.1. The van der Waals surface area contributed by atoms with Crippen molar-refractivity contribution in [1.82, 2.24) is 10.3 Å². The first-order valence-electron chi connectivity index (χ1n) is 7.04. The molecule has 110 valence electrons. The first-order chi connectivity index (χ1) is 10.7. The van der Waals surface area contributed by atoms with Gasteiger partial charge in [0.15, 0.2) is 0 Å². The summed E-state index contributed by atoms with van der Waals surface area (Å²) in [6, 6.07) is 11.4. The van der Waals surface area contributed by atoms with E-state index in [0.29, 0.717) is 12.1 Å². The molecule has 1 aromatic carbocycles. The van der Waals surface area contributed by atoms with Crippen LogP contribution < -0.4 is 5.32 Å². The van der Waals surface area contributed by atoms with E-state index in [9.17, 15) is 4.79 Å². The Labute approximate surface area is 128 Å². The van der Waals surface area contributed by atoms with Crippen molar-refractivity contribution in [3.8, 4) is 11.1 Å². The molecule has 0 unspecified atom stereocenters. The minimum atomic E-state index is -0.0770. The predicted molar refractivity (Wildman–Crippen MR) is 84.3 cm³/mol. The van der Waals surface area contributed by atoms with Crippen LogP contribution in [0.2, 0.25) is 0 Å². The number of amides is 1. The summed E-state index contributed by atoms with van der Waals surface area (Å²) in [6.45, 7) is 2.36. The summed E-state index contributed by atoms with van der Waals surface area (Å²) in [5, 5.41) is 2.93. The second-order valence-electron chi connectivity index (χ2n) is 5.09. The maximum atomic E-state index is 12.2. The van der Waals surface area contributed by atoms with Crippen molar-refractivity contribution in [2.45, 2.75) is 13.5 Å². The molecule has 4 nitrogen and oxygen atoms in total. The Bertz CT molecular complexity index is 779. The van der Waals surface area contributed by atoms with E-state index in [2.05, 4.69) is 10.3 Å². The van der Waals surface area contributed by atoms with Gasteiger partial charge in [-0.25, -0.2) is 0 Å². The van der Waals surface area contributed by atoms with E-state index in [1.165, 1.54) is 0 Å². The molecular formula is C18H16N2O2. The lowest BCUT2D eigenvalue weighted by atomic mass is 10.1. The first-order valence-corrected chi connectivity index (χ1v) is 7.04. The fraction of sp³-hybridized carbons (Fsp3) is 0.111. The minimum absolute atomic E-state index is 0.0770. The highest BCUT2D eigenvalue weighted by Gasteiger charge is 2.08. The zero-order valence-corrected chi connectivity index (χ0v) is 12.2. The molecule has 0 aliphatic heterocycles. The van der Waals surface area contributed by atoms with Crippen LogP contribution in [0, 0.1) is 6.92 Å². The number of benzene rings is 1. The van der Waals surface area contributed by atoms with Gasteiger partial charge in [-0.3, -0.25) is 9.78 Å². The van der Waals surface area contributed by atoms with E-state index >= 15 is 0 Å². The highest BCUT2D eigenvalue weighted by Crippen LogP contribution is 2.19. The van der Waals surface area contributed by atoms with Crippen molar-refractivity contribution in [2.75, 3.05) is 0 Å². The topological polar surface area (TPSA) is 55.1 Å². The van der Waals surface area contributed by atoms with E-state index in [0.717, 1.165) is 22.3 Å². The van der Waals surface area contributed by atoms with Crippen LogP contribution >= 0.6 is 0 Å². The third-order valence-electron chi connectivity index (χ3n) is 3.49. The monoisotopic (exact) mass is 292 g/mol. The molecule has 0 bridgehead atoms. The smallest absolute Gasteiger partial charge is 0.251 e. The maximum absolute atomic E-state index is 12.2. The van der Waals surface area contributed by atoms with Crippen molar-refractivity contribution in [2.24, 2.45) is 0 Å². The Morgan fingerprint density at radius 3 is 2.82 bits per heavy atom. The third kappa shape index (κ3) is 3.06. The molecule has 3 rings (SSSR count). The average Bonchev–Trinajstić information content (AvgIpc) is 3.08. The minimum Gasteiger partial charge on any atom is -0.472 e. The van der Waals surface area contributed by atoms with Gasteiger partial charge in [0.2, 0.25) is 0 Å². The molecule has 0 aliphatic rings. The standard InChI is InChI=1S/C18H16N2O2/c1-13-4-2-3-5-17(13)18(21)20-10-14-8-16(11-19-9-14)15-6-7-22-12-15/h2-9,11-12H,10H2,1H3,(H,20,21). The summed E-state index contributed by atoms with van der Waals surface area (Å²) in [4.78, 5) is 16.4. The summed E-state index contributed by atoms with van der Waals surface area (Å²) < 4.78 is 5.08. The number of aryl methyl sites for hydroxylation is 1. The molecule has 4 heteroatoms. The molecule has 0 spiro atoms. The lowest BCUT2D eigenvalue weighted by Crippen LogP contribution is -2.23. The molecule has 0 saturated carbocycles. The van der Waals surface area contributed by atoms with Crippen molar-refractivity contribution in [3.05, 3.63) is 78.0 Å². The molecule has 2 aromatic heterocycles. The normalized spacial score (nSPS) is 10.4. The van der Waals surface area contributed by atoms with Crippen LogP contribution in [0.15, 0.2) is 65.7 Å². The van der Waals surface area contributed by atoms with Crippen molar-refractivity contribution >= 4 is 5.91 Å². The van der Waals surface area contributed by atoms with Crippen LogP contribution in [0.5, 0.6) is 0 Å². The van der Waals surface area contributed by atoms with Gasteiger partial charge in [-0.1, -0.05) is 18.2 Å². The van der Waals surface area contributed by atoms with E-state index < -0.39 is 0 Å². The van der Waals surface area contributed by atoms with Crippen LogP contribution in [0.3, 0.4) is 0 Å². The molecule has 0 atom stereocenters. The summed E-state index contributed by atoms with van der Waals surface area (Å²) >= 11 is 0. The number of pyridine rings is 1.